The van der Waals surface area contributed by atoms with Gasteiger partial charge in [-0.1, -0.05) is 30.3 Å². The SMILES string of the molecule is CCn1nc(C(=O)O)c(-c2ccccc2)n1. The van der Waals surface area contributed by atoms with Crippen LogP contribution in [0.4, 0.5) is 0 Å². The summed E-state index contributed by atoms with van der Waals surface area (Å²) in [4.78, 5) is 12.4. The lowest BCUT2D eigenvalue weighted by molar-refractivity contribution is 0.0690. The van der Waals surface area contributed by atoms with Crippen molar-refractivity contribution in [2.24, 2.45) is 0 Å². The number of carboxylic acid groups (broad SMARTS) is 1. The number of hydrogen-bond donors (Lipinski definition) is 1. The molecule has 0 amide bonds. The van der Waals surface area contributed by atoms with E-state index < -0.39 is 5.97 Å². The maximum absolute atomic E-state index is 11.0. The molecule has 2 aromatic rings. The molecular weight excluding hydrogens is 206 g/mol. The van der Waals surface area contributed by atoms with E-state index in [0.29, 0.717) is 12.2 Å². The summed E-state index contributed by atoms with van der Waals surface area (Å²) in [6.45, 7) is 2.41. The number of nitrogens with zero attached hydrogens (tertiary/aromatic N) is 3. The normalized spacial score (nSPS) is 10.3. The van der Waals surface area contributed by atoms with E-state index in [9.17, 15) is 4.79 Å². The van der Waals surface area contributed by atoms with Crippen LogP contribution in [0.15, 0.2) is 30.3 Å². The fraction of sp³-hybridized carbons (Fsp3) is 0.182. The molecule has 0 fully saturated rings. The standard InChI is InChI=1S/C11H11N3O2/c1-2-14-12-9(10(13-14)11(15)16)8-6-4-3-5-7-8/h3-7H,2H2,1H3,(H,15,16). The molecule has 16 heavy (non-hydrogen) atoms. The molecule has 82 valence electrons. The van der Waals surface area contributed by atoms with E-state index in [1.54, 1.807) is 0 Å². The Morgan fingerprint density at radius 2 is 2.00 bits per heavy atom. The summed E-state index contributed by atoms with van der Waals surface area (Å²) in [5, 5.41) is 17.1. The van der Waals surface area contributed by atoms with Gasteiger partial charge in [0.15, 0.2) is 5.69 Å². The van der Waals surface area contributed by atoms with E-state index >= 15 is 0 Å². The van der Waals surface area contributed by atoms with Gasteiger partial charge < -0.3 is 5.11 Å². The first-order valence-corrected chi connectivity index (χ1v) is 4.96. The van der Waals surface area contributed by atoms with Crippen LogP contribution in [0.5, 0.6) is 0 Å². The Bertz CT molecular complexity index is 505. The van der Waals surface area contributed by atoms with Crippen LogP contribution in [0.3, 0.4) is 0 Å². The molecule has 0 radical (unpaired) electrons. The second kappa shape index (κ2) is 4.14. The first kappa shape index (κ1) is 10.4. The molecule has 1 aromatic heterocycles. The third-order valence-electron chi connectivity index (χ3n) is 2.19. The van der Waals surface area contributed by atoms with E-state index in [4.69, 9.17) is 5.11 Å². The number of benzene rings is 1. The predicted octanol–water partition coefficient (Wildman–Crippen LogP) is 1.66. The van der Waals surface area contributed by atoms with Crippen LogP contribution >= 0.6 is 0 Å². The Labute approximate surface area is 92.3 Å². The predicted molar refractivity (Wildman–Crippen MR) is 58.1 cm³/mol. The van der Waals surface area contributed by atoms with Gasteiger partial charge in [-0.3, -0.25) is 0 Å². The highest BCUT2D eigenvalue weighted by atomic mass is 16.4. The minimum absolute atomic E-state index is 0.00644. The number of hydrogen-bond acceptors (Lipinski definition) is 3. The van der Waals surface area contributed by atoms with Crippen molar-refractivity contribution in [1.29, 1.82) is 0 Å². The first-order chi connectivity index (χ1) is 7.72. The fourth-order valence-corrected chi connectivity index (χ4v) is 1.42. The van der Waals surface area contributed by atoms with Crippen LogP contribution in [-0.4, -0.2) is 26.1 Å². The molecule has 0 spiro atoms. The van der Waals surface area contributed by atoms with Gasteiger partial charge in [0.25, 0.3) is 0 Å². The third kappa shape index (κ3) is 1.79. The van der Waals surface area contributed by atoms with Crippen molar-refractivity contribution in [1.82, 2.24) is 15.0 Å². The number of aromatic nitrogens is 3. The number of aromatic carboxylic acids is 1. The molecule has 0 unspecified atom stereocenters. The molecule has 0 bridgehead atoms. The molecule has 1 heterocycles. The third-order valence-corrected chi connectivity index (χ3v) is 2.19. The Hall–Kier alpha value is -2.17. The number of carbonyl (C=O) groups is 1. The summed E-state index contributed by atoms with van der Waals surface area (Å²) in [6, 6.07) is 9.18. The summed E-state index contributed by atoms with van der Waals surface area (Å²) in [7, 11) is 0. The minimum Gasteiger partial charge on any atom is -0.476 e. The molecule has 1 N–H and O–H groups in total. The van der Waals surface area contributed by atoms with Crippen molar-refractivity contribution in [2.75, 3.05) is 0 Å². The molecule has 0 aliphatic heterocycles. The van der Waals surface area contributed by atoms with Crippen molar-refractivity contribution in [3.8, 4) is 11.3 Å². The van der Waals surface area contributed by atoms with E-state index in [1.165, 1.54) is 4.80 Å². The fourth-order valence-electron chi connectivity index (χ4n) is 1.42. The highest BCUT2D eigenvalue weighted by Gasteiger charge is 2.18. The number of carboxylic acids is 1. The van der Waals surface area contributed by atoms with Crippen LogP contribution in [0.1, 0.15) is 17.4 Å². The molecule has 0 aliphatic carbocycles. The molecule has 5 nitrogen and oxygen atoms in total. The van der Waals surface area contributed by atoms with Gasteiger partial charge in [0.2, 0.25) is 0 Å². The van der Waals surface area contributed by atoms with Gasteiger partial charge in [0.1, 0.15) is 5.69 Å². The summed E-state index contributed by atoms with van der Waals surface area (Å²) in [5.74, 6) is -1.06. The lowest BCUT2D eigenvalue weighted by atomic mass is 10.1. The topological polar surface area (TPSA) is 68.0 Å². The van der Waals surface area contributed by atoms with Gasteiger partial charge in [-0.2, -0.15) is 9.90 Å². The van der Waals surface area contributed by atoms with E-state index in [2.05, 4.69) is 10.2 Å². The Kier molecular flexibility index (Phi) is 2.68. The number of rotatable bonds is 3. The van der Waals surface area contributed by atoms with Crippen molar-refractivity contribution in [2.45, 2.75) is 13.5 Å². The Morgan fingerprint density at radius 3 is 2.56 bits per heavy atom. The van der Waals surface area contributed by atoms with E-state index in [1.807, 2.05) is 37.3 Å². The summed E-state index contributed by atoms with van der Waals surface area (Å²) in [5.41, 5.74) is 1.17. The minimum atomic E-state index is -1.06. The van der Waals surface area contributed by atoms with Gasteiger partial charge in [-0.25, -0.2) is 4.79 Å². The van der Waals surface area contributed by atoms with Crippen molar-refractivity contribution in [3.63, 3.8) is 0 Å². The highest BCUT2D eigenvalue weighted by molar-refractivity contribution is 5.92. The second-order valence-electron chi connectivity index (χ2n) is 3.26. The average Bonchev–Trinajstić information content (AvgIpc) is 2.74. The average molecular weight is 217 g/mol. The Morgan fingerprint density at radius 1 is 1.31 bits per heavy atom. The van der Waals surface area contributed by atoms with Crippen molar-refractivity contribution >= 4 is 5.97 Å². The maximum Gasteiger partial charge on any atom is 0.358 e. The van der Waals surface area contributed by atoms with Gasteiger partial charge in [0.05, 0.1) is 6.54 Å². The lowest BCUT2D eigenvalue weighted by Gasteiger charge is -1.95. The van der Waals surface area contributed by atoms with Crippen LogP contribution in [0.25, 0.3) is 11.3 Å². The van der Waals surface area contributed by atoms with Crippen LogP contribution < -0.4 is 0 Å². The van der Waals surface area contributed by atoms with Crippen molar-refractivity contribution in [3.05, 3.63) is 36.0 Å². The van der Waals surface area contributed by atoms with Crippen LogP contribution in [0, 0.1) is 0 Å². The molecule has 0 atom stereocenters. The van der Waals surface area contributed by atoms with Crippen molar-refractivity contribution < 1.29 is 9.90 Å². The molecule has 5 heteroatoms. The van der Waals surface area contributed by atoms with Gasteiger partial charge in [-0.15, -0.1) is 5.10 Å². The second-order valence-corrected chi connectivity index (χ2v) is 3.26. The zero-order chi connectivity index (χ0) is 11.5. The van der Waals surface area contributed by atoms with Gasteiger partial charge in [-0.05, 0) is 6.92 Å². The summed E-state index contributed by atoms with van der Waals surface area (Å²) in [6.07, 6.45) is 0. The largest absolute Gasteiger partial charge is 0.476 e. The monoisotopic (exact) mass is 217 g/mol. The van der Waals surface area contributed by atoms with Crippen LogP contribution in [0.2, 0.25) is 0 Å². The summed E-state index contributed by atoms with van der Waals surface area (Å²) >= 11 is 0. The van der Waals surface area contributed by atoms with E-state index in [0.717, 1.165) is 5.56 Å². The number of aryl methyl sites for hydroxylation is 1. The molecule has 0 saturated carbocycles. The molecule has 0 saturated heterocycles. The molecular formula is C11H11N3O2. The Balaban J connectivity index is 2.55. The highest BCUT2D eigenvalue weighted by Crippen LogP contribution is 2.19. The maximum atomic E-state index is 11.0. The van der Waals surface area contributed by atoms with Gasteiger partial charge >= 0.3 is 5.97 Å². The smallest absolute Gasteiger partial charge is 0.358 e. The quantitative estimate of drug-likeness (QED) is 0.849. The first-order valence-electron chi connectivity index (χ1n) is 4.96. The molecule has 0 aliphatic rings. The lowest BCUT2D eigenvalue weighted by Crippen LogP contribution is -2.02. The van der Waals surface area contributed by atoms with Crippen LogP contribution in [-0.2, 0) is 6.54 Å². The zero-order valence-corrected chi connectivity index (χ0v) is 8.79. The summed E-state index contributed by atoms with van der Waals surface area (Å²) < 4.78 is 0. The molecule has 1 aromatic carbocycles. The van der Waals surface area contributed by atoms with Gasteiger partial charge in [0, 0.05) is 5.56 Å². The van der Waals surface area contributed by atoms with E-state index in [-0.39, 0.29) is 5.69 Å². The zero-order valence-electron chi connectivity index (χ0n) is 8.79. The molecule has 2 rings (SSSR count).